The number of hydrogen-bond donors (Lipinski definition) is 0. The van der Waals surface area contributed by atoms with Crippen molar-refractivity contribution in [3.8, 4) is 0 Å². The molecule has 0 bridgehead atoms. The molecule has 0 spiro atoms. The van der Waals surface area contributed by atoms with Crippen molar-refractivity contribution in [1.29, 1.82) is 0 Å². The Morgan fingerprint density at radius 3 is 1.80 bits per heavy atom. The van der Waals surface area contributed by atoms with Gasteiger partial charge in [-0.1, -0.05) is 13.8 Å². The first-order chi connectivity index (χ1) is 4.40. The molecule has 1 aliphatic carbocycles. The van der Waals surface area contributed by atoms with Gasteiger partial charge >= 0.3 is 10.2 Å². The fourth-order valence-corrected chi connectivity index (χ4v) is 2.38. The average Bonchev–Trinajstić information content (AvgIpc) is 2.36. The van der Waals surface area contributed by atoms with E-state index in [9.17, 15) is 12.3 Å². The smallest absolute Gasteiger partial charge is 0.194 e. The van der Waals surface area contributed by atoms with Gasteiger partial charge in [0.15, 0.2) is 0 Å². The minimum atomic E-state index is -4.29. The van der Waals surface area contributed by atoms with Crippen molar-refractivity contribution in [3.05, 3.63) is 0 Å². The molecule has 1 aliphatic rings. The number of halogens is 1. The summed E-state index contributed by atoms with van der Waals surface area (Å²) < 4.78 is 32.4. The first-order valence-corrected chi connectivity index (χ1v) is 4.73. The van der Waals surface area contributed by atoms with Crippen LogP contribution in [-0.4, -0.2) is 13.2 Å². The molecule has 2 nitrogen and oxygen atoms in total. The lowest BCUT2D eigenvalue weighted by Crippen LogP contribution is -2.25. The van der Waals surface area contributed by atoms with E-state index in [2.05, 4.69) is 0 Å². The highest BCUT2D eigenvalue weighted by molar-refractivity contribution is 7.88. The lowest BCUT2D eigenvalue weighted by molar-refractivity contribution is 0.487. The molecular weight excluding hydrogens is 155 g/mol. The molecule has 0 unspecified atom stereocenters. The maximum absolute atomic E-state index is 12.5. The monoisotopic (exact) mass is 166 g/mol. The summed E-state index contributed by atoms with van der Waals surface area (Å²) in [6.07, 6.45) is 0.979. The van der Waals surface area contributed by atoms with Crippen LogP contribution < -0.4 is 0 Å². The third-order valence-electron chi connectivity index (χ3n) is 2.28. The standard InChI is InChI=1S/C6H11FO2S/c1-5(2)6(3-4-6)10(7,8)9/h5H,3-4H2,1-2H3. The van der Waals surface area contributed by atoms with Crippen LogP contribution in [0.15, 0.2) is 0 Å². The minimum Gasteiger partial charge on any atom is -0.194 e. The highest BCUT2D eigenvalue weighted by atomic mass is 32.3. The lowest BCUT2D eigenvalue weighted by Gasteiger charge is -2.13. The van der Waals surface area contributed by atoms with E-state index < -0.39 is 15.0 Å². The second-order valence-electron chi connectivity index (χ2n) is 3.16. The van der Waals surface area contributed by atoms with Crippen LogP contribution in [0.3, 0.4) is 0 Å². The predicted molar refractivity (Wildman–Crippen MR) is 36.8 cm³/mol. The van der Waals surface area contributed by atoms with Crippen LogP contribution in [0.4, 0.5) is 3.89 Å². The van der Waals surface area contributed by atoms with Crippen molar-refractivity contribution in [2.75, 3.05) is 0 Å². The molecular formula is C6H11FO2S. The zero-order chi connectivity index (χ0) is 7.99. The topological polar surface area (TPSA) is 34.1 Å². The van der Waals surface area contributed by atoms with Crippen molar-refractivity contribution in [3.63, 3.8) is 0 Å². The molecule has 1 fully saturated rings. The van der Waals surface area contributed by atoms with Crippen molar-refractivity contribution in [1.82, 2.24) is 0 Å². The summed E-state index contributed by atoms with van der Waals surface area (Å²) >= 11 is 0. The Morgan fingerprint density at radius 1 is 1.40 bits per heavy atom. The quantitative estimate of drug-likeness (QED) is 0.582. The first kappa shape index (κ1) is 7.98. The summed E-state index contributed by atoms with van der Waals surface area (Å²) in [6.45, 7) is 3.48. The summed E-state index contributed by atoms with van der Waals surface area (Å²) in [5.41, 5.74) is 0. The Morgan fingerprint density at radius 2 is 1.80 bits per heavy atom. The maximum atomic E-state index is 12.5. The van der Waals surface area contributed by atoms with Crippen molar-refractivity contribution in [2.24, 2.45) is 5.92 Å². The van der Waals surface area contributed by atoms with Crippen molar-refractivity contribution >= 4 is 10.2 Å². The van der Waals surface area contributed by atoms with Crippen LogP contribution >= 0.6 is 0 Å². The van der Waals surface area contributed by atoms with Gasteiger partial charge in [-0.3, -0.25) is 0 Å². The van der Waals surface area contributed by atoms with Crippen LogP contribution in [0.25, 0.3) is 0 Å². The zero-order valence-electron chi connectivity index (χ0n) is 6.09. The molecule has 0 atom stereocenters. The third-order valence-corrected chi connectivity index (χ3v) is 4.13. The summed E-state index contributed by atoms with van der Waals surface area (Å²) in [6, 6.07) is 0. The Bertz CT molecular complexity index is 226. The van der Waals surface area contributed by atoms with Crippen molar-refractivity contribution in [2.45, 2.75) is 31.4 Å². The highest BCUT2D eigenvalue weighted by Crippen LogP contribution is 2.50. The molecule has 1 saturated carbocycles. The first-order valence-electron chi connectivity index (χ1n) is 3.34. The second-order valence-corrected chi connectivity index (χ2v) is 4.85. The van der Waals surface area contributed by atoms with Gasteiger partial charge in [0.25, 0.3) is 0 Å². The second kappa shape index (κ2) is 1.94. The molecule has 0 aliphatic heterocycles. The van der Waals surface area contributed by atoms with Crippen LogP contribution in [-0.2, 0) is 10.2 Å². The van der Waals surface area contributed by atoms with Gasteiger partial charge in [0.1, 0.15) is 4.75 Å². The summed E-state index contributed by atoms with van der Waals surface area (Å²) in [5.74, 6) is -0.0949. The van der Waals surface area contributed by atoms with Crippen molar-refractivity contribution < 1.29 is 12.3 Å². The van der Waals surface area contributed by atoms with Gasteiger partial charge < -0.3 is 0 Å². The van der Waals surface area contributed by atoms with Gasteiger partial charge in [-0.05, 0) is 18.8 Å². The lowest BCUT2D eigenvalue weighted by atomic mass is 10.1. The van der Waals surface area contributed by atoms with E-state index in [0.29, 0.717) is 12.8 Å². The average molecular weight is 166 g/mol. The molecule has 0 saturated heterocycles. The molecule has 10 heavy (non-hydrogen) atoms. The zero-order valence-corrected chi connectivity index (χ0v) is 6.91. The Balaban J connectivity index is 2.91. The summed E-state index contributed by atoms with van der Waals surface area (Å²) in [5, 5.41) is 0. The predicted octanol–water partition coefficient (Wildman–Crippen LogP) is 1.47. The molecule has 0 heterocycles. The molecule has 0 radical (unpaired) electrons. The highest BCUT2D eigenvalue weighted by Gasteiger charge is 2.57. The van der Waals surface area contributed by atoms with E-state index in [-0.39, 0.29) is 5.92 Å². The van der Waals surface area contributed by atoms with Crippen LogP contribution in [0, 0.1) is 5.92 Å². The number of rotatable bonds is 2. The molecule has 0 aromatic rings. The van der Waals surface area contributed by atoms with Gasteiger partial charge in [0, 0.05) is 0 Å². The van der Waals surface area contributed by atoms with E-state index >= 15 is 0 Å². The van der Waals surface area contributed by atoms with Gasteiger partial charge in [-0.2, -0.15) is 8.42 Å². The Hall–Kier alpha value is -0.120. The van der Waals surface area contributed by atoms with Gasteiger partial charge in [-0.25, -0.2) is 0 Å². The molecule has 1 rings (SSSR count). The maximum Gasteiger partial charge on any atom is 0.308 e. The van der Waals surface area contributed by atoms with Gasteiger partial charge in [0.05, 0.1) is 0 Å². The summed E-state index contributed by atoms with van der Waals surface area (Å²) in [4.78, 5) is 0. The van der Waals surface area contributed by atoms with Crippen LogP contribution in [0.1, 0.15) is 26.7 Å². The fraction of sp³-hybridized carbons (Fsp3) is 1.00. The van der Waals surface area contributed by atoms with E-state index in [0.717, 1.165) is 0 Å². The SMILES string of the molecule is CC(C)C1(S(=O)(=O)F)CC1. The molecule has 0 N–H and O–H groups in total. The molecule has 0 aromatic carbocycles. The fourth-order valence-electron chi connectivity index (χ4n) is 1.23. The molecule has 0 amide bonds. The normalized spacial score (nSPS) is 23.2. The Kier molecular flexibility index (Phi) is 1.54. The molecule has 0 aromatic heterocycles. The van der Waals surface area contributed by atoms with Crippen LogP contribution in [0.5, 0.6) is 0 Å². The molecule has 60 valence electrons. The largest absolute Gasteiger partial charge is 0.308 e. The van der Waals surface area contributed by atoms with Gasteiger partial charge in [-0.15, -0.1) is 3.89 Å². The molecule has 4 heteroatoms. The van der Waals surface area contributed by atoms with E-state index in [1.165, 1.54) is 0 Å². The van der Waals surface area contributed by atoms with Crippen LogP contribution in [0.2, 0.25) is 0 Å². The minimum absolute atomic E-state index is 0.0949. The Labute approximate surface area is 60.6 Å². The van der Waals surface area contributed by atoms with E-state index in [1.54, 1.807) is 13.8 Å². The third kappa shape index (κ3) is 0.944. The van der Waals surface area contributed by atoms with E-state index in [1.807, 2.05) is 0 Å². The number of hydrogen-bond acceptors (Lipinski definition) is 2. The van der Waals surface area contributed by atoms with Gasteiger partial charge in [0.2, 0.25) is 0 Å². The van der Waals surface area contributed by atoms with E-state index in [4.69, 9.17) is 0 Å². The summed E-state index contributed by atoms with van der Waals surface area (Å²) in [7, 11) is -4.29.